The zero-order valence-corrected chi connectivity index (χ0v) is 22.2. The lowest BCUT2D eigenvalue weighted by Crippen LogP contribution is -2.43. The molecule has 2 aromatic rings. The van der Waals surface area contributed by atoms with Crippen molar-refractivity contribution in [3.8, 4) is 17.6 Å². The van der Waals surface area contributed by atoms with E-state index in [0.717, 1.165) is 48.9 Å². The molecule has 1 amide bonds. The molecule has 0 saturated heterocycles. The molecule has 5 rings (SSSR count). The Kier molecular flexibility index (Phi) is 6.42. The van der Waals surface area contributed by atoms with E-state index in [4.69, 9.17) is 9.47 Å². The van der Waals surface area contributed by atoms with Crippen molar-refractivity contribution in [1.29, 1.82) is 5.26 Å². The van der Waals surface area contributed by atoms with Gasteiger partial charge in [0.2, 0.25) is 5.91 Å². The Labute approximate surface area is 216 Å². The molecule has 0 saturated carbocycles. The van der Waals surface area contributed by atoms with Crippen molar-refractivity contribution in [2.45, 2.75) is 71.1 Å². The van der Waals surface area contributed by atoms with Crippen LogP contribution in [0.1, 0.15) is 79.9 Å². The number of hydrogen-bond acceptors (Lipinski definition) is 6. The van der Waals surface area contributed by atoms with Crippen LogP contribution in [0, 0.1) is 16.7 Å². The summed E-state index contributed by atoms with van der Waals surface area (Å²) < 4.78 is 11.2. The second kappa shape index (κ2) is 9.40. The lowest BCUT2D eigenvalue weighted by molar-refractivity contribution is -0.120. The van der Waals surface area contributed by atoms with Crippen molar-refractivity contribution in [2.75, 3.05) is 19.1 Å². The van der Waals surface area contributed by atoms with Gasteiger partial charge in [-0.2, -0.15) is 5.26 Å². The van der Waals surface area contributed by atoms with E-state index in [-0.39, 0.29) is 23.5 Å². The van der Waals surface area contributed by atoms with E-state index >= 15 is 0 Å². The maximum atomic E-state index is 14.0. The Hall–Kier alpha value is -3.11. The molecule has 1 atom stereocenters. The van der Waals surface area contributed by atoms with Crippen LogP contribution in [0.25, 0.3) is 0 Å². The maximum Gasteiger partial charge on any atom is 0.232 e. The summed E-state index contributed by atoms with van der Waals surface area (Å²) in [6.45, 7) is 4.14. The summed E-state index contributed by atoms with van der Waals surface area (Å²) in [4.78, 5) is 30.6. The van der Waals surface area contributed by atoms with Gasteiger partial charge in [0.15, 0.2) is 17.3 Å². The number of thiophene rings is 1. The van der Waals surface area contributed by atoms with Crippen molar-refractivity contribution in [3.63, 3.8) is 0 Å². The number of carbonyl (C=O) groups excluding carboxylic acids is 2. The largest absolute Gasteiger partial charge is 0.493 e. The number of methoxy groups -OCH3 is 2. The molecule has 1 aromatic carbocycles. The summed E-state index contributed by atoms with van der Waals surface area (Å²) in [7, 11) is 3.16. The lowest BCUT2D eigenvalue weighted by Gasteiger charge is -2.42. The van der Waals surface area contributed by atoms with Gasteiger partial charge in [-0.1, -0.05) is 32.4 Å². The molecule has 2 heterocycles. The number of para-hydroxylation sites is 1. The lowest BCUT2D eigenvalue weighted by atomic mass is 9.69. The van der Waals surface area contributed by atoms with Crippen LogP contribution < -0.4 is 14.4 Å². The number of ether oxygens (including phenoxy) is 2. The number of Topliss-reactive ketones (excluding diaryl/α,β-unsaturated/α-hetero) is 1. The highest BCUT2D eigenvalue weighted by atomic mass is 32.1. The molecule has 1 aromatic heterocycles. The van der Waals surface area contributed by atoms with Crippen LogP contribution >= 0.6 is 11.3 Å². The molecule has 36 heavy (non-hydrogen) atoms. The zero-order chi connectivity index (χ0) is 25.6. The van der Waals surface area contributed by atoms with Crippen LogP contribution in [0.4, 0.5) is 5.00 Å². The molecule has 0 unspecified atom stereocenters. The molecule has 0 N–H and O–H groups in total. The van der Waals surface area contributed by atoms with Crippen molar-refractivity contribution in [2.24, 2.45) is 5.41 Å². The first kappa shape index (κ1) is 24.6. The highest BCUT2D eigenvalue weighted by Gasteiger charge is 2.46. The first-order valence-electron chi connectivity index (χ1n) is 12.6. The van der Waals surface area contributed by atoms with Crippen molar-refractivity contribution in [3.05, 3.63) is 51.0 Å². The van der Waals surface area contributed by atoms with Crippen LogP contribution in [0.15, 0.2) is 29.5 Å². The van der Waals surface area contributed by atoms with Gasteiger partial charge in [-0.3, -0.25) is 14.5 Å². The van der Waals surface area contributed by atoms with E-state index in [1.807, 2.05) is 18.2 Å². The molecular formula is C29H32N2O4S. The predicted molar refractivity (Wildman–Crippen MR) is 140 cm³/mol. The van der Waals surface area contributed by atoms with E-state index in [2.05, 4.69) is 19.9 Å². The number of allylic oxidation sites excluding steroid dienone is 2. The Morgan fingerprint density at radius 2 is 1.86 bits per heavy atom. The molecule has 188 valence electrons. The van der Waals surface area contributed by atoms with Crippen LogP contribution in [-0.4, -0.2) is 25.9 Å². The van der Waals surface area contributed by atoms with Gasteiger partial charge in [0, 0.05) is 40.5 Å². The summed E-state index contributed by atoms with van der Waals surface area (Å²) in [6.07, 6.45) is 6.28. The van der Waals surface area contributed by atoms with Gasteiger partial charge in [0.1, 0.15) is 11.1 Å². The second-order valence-corrected chi connectivity index (χ2v) is 11.8. The third kappa shape index (κ3) is 4.02. The van der Waals surface area contributed by atoms with Gasteiger partial charge in [0.25, 0.3) is 0 Å². The number of amides is 1. The molecule has 7 heteroatoms. The normalized spacial score (nSPS) is 21.4. The maximum absolute atomic E-state index is 14.0. The third-order valence-electron chi connectivity index (χ3n) is 7.67. The van der Waals surface area contributed by atoms with E-state index in [1.165, 1.54) is 4.88 Å². The fraction of sp³-hybridized carbons (Fsp3) is 0.483. The number of fused-ring (bicyclic) bond motifs is 1. The van der Waals surface area contributed by atoms with Gasteiger partial charge < -0.3 is 9.47 Å². The molecule has 0 bridgehead atoms. The number of nitrogens with zero attached hydrogens (tertiary/aromatic N) is 2. The number of nitriles is 1. The average Bonchev–Trinajstić information content (AvgIpc) is 3.01. The topological polar surface area (TPSA) is 79.6 Å². The summed E-state index contributed by atoms with van der Waals surface area (Å²) in [5.74, 6) is 0.689. The van der Waals surface area contributed by atoms with Gasteiger partial charge in [-0.25, -0.2) is 0 Å². The van der Waals surface area contributed by atoms with Crippen molar-refractivity contribution in [1.82, 2.24) is 0 Å². The number of benzene rings is 1. The van der Waals surface area contributed by atoms with Crippen molar-refractivity contribution >= 4 is 28.0 Å². The predicted octanol–water partition coefficient (Wildman–Crippen LogP) is 6.07. The molecule has 1 aliphatic heterocycles. The van der Waals surface area contributed by atoms with Gasteiger partial charge >= 0.3 is 0 Å². The molecule has 2 aliphatic carbocycles. The Morgan fingerprint density at radius 3 is 2.58 bits per heavy atom. The fourth-order valence-corrected chi connectivity index (χ4v) is 7.49. The number of aryl methyl sites for hydroxylation is 1. The zero-order valence-electron chi connectivity index (χ0n) is 21.4. The minimum atomic E-state index is -0.416. The van der Waals surface area contributed by atoms with Gasteiger partial charge in [0.05, 0.1) is 19.8 Å². The highest BCUT2D eigenvalue weighted by molar-refractivity contribution is 7.16. The highest BCUT2D eigenvalue weighted by Crippen LogP contribution is 2.52. The Morgan fingerprint density at radius 1 is 1.08 bits per heavy atom. The van der Waals surface area contributed by atoms with E-state index < -0.39 is 5.92 Å². The monoisotopic (exact) mass is 504 g/mol. The summed E-state index contributed by atoms with van der Waals surface area (Å²) in [5, 5.41) is 10.9. The SMILES string of the molecule is COc1cccc([C@@H]2CC(=O)N(c3sc4c(c3C#N)CCCCC4)C3=C2C(=O)CC(C)(C)C3)c1OC. The standard InChI is InChI=1S/C29H32N2O4S/c1-29(2)14-21-26(22(32)15-29)19(18-10-8-11-23(34-3)27(18)35-4)13-25(33)31(21)28-20(16-30)17-9-6-5-7-12-24(17)36-28/h8,10-11,19H,5-7,9,12-15H2,1-4H3/t19-/m0/s1. The van der Waals surface area contributed by atoms with E-state index in [9.17, 15) is 14.9 Å². The number of ketones is 1. The first-order valence-corrected chi connectivity index (χ1v) is 13.5. The number of carbonyl (C=O) groups is 2. The molecular weight excluding hydrogens is 472 g/mol. The summed E-state index contributed by atoms with van der Waals surface area (Å²) in [5.41, 5.74) is 3.64. The minimum Gasteiger partial charge on any atom is -0.493 e. The fourth-order valence-electron chi connectivity index (χ4n) is 6.10. The number of hydrogen-bond donors (Lipinski definition) is 0. The van der Waals surface area contributed by atoms with Crippen LogP contribution in [-0.2, 0) is 22.4 Å². The summed E-state index contributed by atoms with van der Waals surface area (Å²) in [6, 6.07) is 8.03. The second-order valence-electron chi connectivity index (χ2n) is 10.7. The number of anilines is 1. The van der Waals surface area contributed by atoms with Crippen LogP contribution in [0.5, 0.6) is 11.5 Å². The van der Waals surface area contributed by atoms with Crippen LogP contribution in [0.3, 0.4) is 0 Å². The molecule has 0 fully saturated rings. The Bertz CT molecular complexity index is 1310. The molecule has 3 aliphatic rings. The summed E-state index contributed by atoms with van der Waals surface area (Å²) >= 11 is 1.57. The third-order valence-corrected chi connectivity index (χ3v) is 8.95. The molecule has 6 nitrogen and oxygen atoms in total. The first-order chi connectivity index (χ1) is 17.3. The quantitative estimate of drug-likeness (QED) is 0.472. The Balaban J connectivity index is 1.72. The molecule has 0 spiro atoms. The van der Waals surface area contributed by atoms with Crippen molar-refractivity contribution < 1.29 is 19.1 Å². The smallest absolute Gasteiger partial charge is 0.232 e. The minimum absolute atomic E-state index is 0.0604. The molecule has 0 radical (unpaired) electrons. The van der Waals surface area contributed by atoms with Gasteiger partial charge in [-0.05, 0) is 49.1 Å². The van der Waals surface area contributed by atoms with E-state index in [1.54, 1.807) is 30.5 Å². The van der Waals surface area contributed by atoms with Crippen LogP contribution in [0.2, 0.25) is 0 Å². The average molecular weight is 505 g/mol. The number of rotatable bonds is 4. The van der Waals surface area contributed by atoms with Gasteiger partial charge in [-0.15, -0.1) is 11.3 Å². The van der Waals surface area contributed by atoms with E-state index in [0.29, 0.717) is 40.5 Å².